The summed E-state index contributed by atoms with van der Waals surface area (Å²) in [5.74, 6) is 0. The third kappa shape index (κ3) is 9.92. The maximum Gasteiger partial charge on any atom is 0.0556 e. The lowest BCUT2D eigenvalue weighted by atomic mass is 9.75. The Kier molecular flexibility index (Phi) is 13.7. The van der Waals surface area contributed by atoms with E-state index < -0.39 is 0 Å². The molecule has 15 rings (SSSR count). The van der Waals surface area contributed by atoms with Crippen LogP contribution in [-0.2, 0) is 0 Å². The van der Waals surface area contributed by atoms with Gasteiger partial charge in [-0.05, 0) is 234 Å². The van der Waals surface area contributed by atoms with Crippen molar-refractivity contribution in [2.75, 3.05) is 4.90 Å². The fraction of sp³-hybridized carbons (Fsp3) is 0.122. The molecular formula is C82H66N2. The lowest BCUT2D eigenvalue weighted by Gasteiger charge is -2.39. The van der Waals surface area contributed by atoms with Gasteiger partial charge in [-0.3, -0.25) is 0 Å². The van der Waals surface area contributed by atoms with Crippen molar-refractivity contribution < 1.29 is 0 Å². The summed E-state index contributed by atoms with van der Waals surface area (Å²) in [4.78, 5) is 4.98. The summed E-state index contributed by atoms with van der Waals surface area (Å²) in [5, 5.41) is 9.99. The van der Waals surface area contributed by atoms with Gasteiger partial charge in [-0.15, -0.1) is 0 Å². The number of fused-ring (bicyclic) bond motifs is 7. The first kappa shape index (κ1) is 51.1. The molecule has 1 unspecified atom stereocenters. The summed E-state index contributed by atoms with van der Waals surface area (Å²) in [5.41, 5.74) is 22.6. The Labute approximate surface area is 494 Å². The van der Waals surface area contributed by atoms with Crippen molar-refractivity contribution in [3.8, 4) is 22.3 Å². The van der Waals surface area contributed by atoms with Crippen LogP contribution >= 0.6 is 0 Å². The molecule has 10 aromatic carbocycles. The molecule has 84 heavy (non-hydrogen) atoms. The number of allylic oxidation sites excluding steroid dienone is 14. The lowest BCUT2D eigenvalue weighted by Crippen LogP contribution is -2.34. The van der Waals surface area contributed by atoms with Gasteiger partial charge in [0, 0.05) is 28.5 Å². The molecule has 2 heteroatoms. The predicted molar refractivity (Wildman–Crippen MR) is 359 cm³/mol. The fourth-order valence-electron chi connectivity index (χ4n) is 14.0. The van der Waals surface area contributed by atoms with Gasteiger partial charge >= 0.3 is 0 Å². The highest BCUT2D eigenvalue weighted by atomic mass is 15.2. The van der Waals surface area contributed by atoms with Crippen molar-refractivity contribution in [2.24, 2.45) is 0 Å². The zero-order chi connectivity index (χ0) is 55.8. The minimum atomic E-state index is 0.377. The van der Waals surface area contributed by atoms with Crippen LogP contribution in [0.3, 0.4) is 0 Å². The van der Waals surface area contributed by atoms with Crippen LogP contribution in [0.1, 0.15) is 74.5 Å². The molecule has 0 N–H and O–H groups in total. The molecule has 0 saturated carbocycles. The Balaban J connectivity index is 0.758. The molecule has 404 valence electrons. The molecule has 2 nitrogen and oxygen atoms in total. The number of para-hydroxylation sites is 2. The summed E-state index contributed by atoms with van der Waals surface area (Å²) in [6.45, 7) is 0. The smallest absolute Gasteiger partial charge is 0.0556 e. The molecule has 0 radical (unpaired) electrons. The van der Waals surface area contributed by atoms with Crippen LogP contribution in [0, 0.1) is 0 Å². The third-order valence-electron chi connectivity index (χ3n) is 18.0. The van der Waals surface area contributed by atoms with Gasteiger partial charge in [-0.1, -0.05) is 218 Å². The highest BCUT2D eigenvalue weighted by Gasteiger charge is 2.30. The molecule has 0 heterocycles. The Morgan fingerprint density at radius 1 is 0.393 bits per heavy atom. The van der Waals surface area contributed by atoms with Crippen LogP contribution in [0.2, 0.25) is 0 Å². The standard InChI is InChI=1S/C82H66N2/c1-7-19-61(20-8-1)81-77-47-37-59(33-31-57-35-45-73-63(51-57)39-41-65-55-71(43-49-75(65)73)83(67-23-11-3-12-24-67)68-25-13-4-14-26-68)53-79(77)80-54-60(38-48-78(80)82(81)62-21-9-2-10-22-62)34-32-58-36-46-74-64(52-58)40-42-66-56-72(44-50-76(66)74)84(69-27-15-5-16-28-69)70-29-17-6-18-30-70/h1-5,7-17,19-27,29-35,37-39,41,43,45,47-49,51-56,69H,6,18,28,36,40,42,44,46,50H2/b33-31+,34-32+. The third-order valence-corrected chi connectivity index (χ3v) is 18.0. The van der Waals surface area contributed by atoms with Crippen LogP contribution in [0.5, 0.6) is 0 Å². The second-order valence-electron chi connectivity index (χ2n) is 23.2. The molecule has 10 aromatic rings. The minimum absolute atomic E-state index is 0.377. The molecule has 0 aromatic heterocycles. The average molecular weight is 1080 g/mol. The van der Waals surface area contributed by atoms with Crippen LogP contribution < -0.4 is 4.90 Å². The van der Waals surface area contributed by atoms with E-state index >= 15 is 0 Å². The van der Waals surface area contributed by atoms with E-state index in [4.69, 9.17) is 0 Å². The Morgan fingerprint density at radius 2 is 0.940 bits per heavy atom. The first-order chi connectivity index (χ1) is 41.6. The van der Waals surface area contributed by atoms with E-state index in [0.29, 0.717) is 6.04 Å². The number of rotatable bonds is 12. The molecule has 0 aliphatic heterocycles. The first-order valence-corrected chi connectivity index (χ1v) is 30.4. The second-order valence-corrected chi connectivity index (χ2v) is 23.2. The van der Waals surface area contributed by atoms with Gasteiger partial charge in [-0.2, -0.15) is 0 Å². The zero-order valence-electron chi connectivity index (χ0n) is 47.5. The molecule has 0 bridgehead atoms. The van der Waals surface area contributed by atoms with Crippen molar-refractivity contribution in [1.29, 1.82) is 0 Å². The monoisotopic (exact) mass is 1080 g/mol. The van der Waals surface area contributed by atoms with Crippen LogP contribution in [0.15, 0.2) is 306 Å². The topological polar surface area (TPSA) is 6.48 Å². The number of benzene rings is 10. The predicted octanol–water partition coefficient (Wildman–Crippen LogP) is 22.5. The van der Waals surface area contributed by atoms with Crippen molar-refractivity contribution >= 4 is 78.4 Å². The Morgan fingerprint density at radius 3 is 1.54 bits per heavy atom. The van der Waals surface area contributed by atoms with E-state index in [0.717, 1.165) is 74.8 Å². The fourth-order valence-corrected chi connectivity index (χ4v) is 14.0. The molecule has 5 aliphatic rings. The van der Waals surface area contributed by atoms with Crippen LogP contribution in [0.25, 0.3) is 83.6 Å². The van der Waals surface area contributed by atoms with Crippen molar-refractivity contribution in [2.45, 2.75) is 63.8 Å². The van der Waals surface area contributed by atoms with Gasteiger partial charge < -0.3 is 9.80 Å². The van der Waals surface area contributed by atoms with Gasteiger partial charge in [0.1, 0.15) is 0 Å². The van der Waals surface area contributed by atoms with Crippen LogP contribution in [0.4, 0.5) is 17.1 Å². The number of hydrogen-bond donors (Lipinski definition) is 0. The number of hydrogen-bond acceptors (Lipinski definition) is 2. The van der Waals surface area contributed by atoms with Gasteiger partial charge in [0.2, 0.25) is 0 Å². The summed E-state index contributed by atoms with van der Waals surface area (Å²) in [7, 11) is 0. The van der Waals surface area contributed by atoms with E-state index in [1.54, 1.807) is 22.3 Å². The molecule has 1 atom stereocenters. The molecule has 0 fully saturated rings. The summed E-state index contributed by atoms with van der Waals surface area (Å²) < 4.78 is 0. The van der Waals surface area contributed by atoms with E-state index in [9.17, 15) is 0 Å². The molecular weight excluding hydrogens is 1010 g/mol. The average Bonchev–Trinajstić information content (AvgIpc) is 1.49. The highest BCUT2D eigenvalue weighted by Crippen LogP contribution is 2.48. The summed E-state index contributed by atoms with van der Waals surface area (Å²) >= 11 is 0. The van der Waals surface area contributed by atoms with Crippen LogP contribution in [-0.4, -0.2) is 10.9 Å². The normalized spacial score (nSPS) is 16.9. The van der Waals surface area contributed by atoms with E-state index in [-0.39, 0.29) is 0 Å². The maximum atomic E-state index is 2.65. The number of anilines is 3. The van der Waals surface area contributed by atoms with E-state index in [1.165, 1.54) is 99.0 Å². The SMILES string of the molecule is C1=CCC(N(C2=CCCC=C2)C2=CC3=C(CC2)C2=C(C=C(/C=C/c4ccc5c(-c6ccccc6)c(-c6ccccc6)c6ccc(/C=C/c7ccc8c(ccc9cc(N(c%10ccccc%10)c%10ccccc%10)ccc98)c7)cc6c5c4)CC2)CC3)C=C1. The Hall–Kier alpha value is -9.76. The number of nitrogens with zero attached hydrogens (tertiary/aromatic N) is 2. The zero-order valence-corrected chi connectivity index (χ0v) is 47.5. The van der Waals surface area contributed by atoms with Crippen molar-refractivity contribution in [3.63, 3.8) is 0 Å². The highest BCUT2D eigenvalue weighted by molar-refractivity contribution is 6.22. The van der Waals surface area contributed by atoms with Gasteiger partial charge in [0.25, 0.3) is 0 Å². The lowest BCUT2D eigenvalue weighted by molar-refractivity contribution is 0.353. The first-order valence-electron chi connectivity index (χ1n) is 30.4. The van der Waals surface area contributed by atoms with Crippen molar-refractivity contribution in [3.05, 3.63) is 323 Å². The molecule has 5 aliphatic carbocycles. The van der Waals surface area contributed by atoms with Gasteiger partial charge in [-0.25, -0.2) is 0 Å². The molecule has 0 spiro atoms. The van der Waals surface area contributed by atoms with Gasteiger partial charge in [0.05, 0.1) is 6.04 Å². The molecule has 0 saturated heterocycles. The van der Waals surface area contributed by atoms with Gasteiger partial charge in [0.15, 0.2) is 0 Å². The maximum absolute atomic E-state index is 2.65. The second kappa shape index (κ2) is 22.5. The van der Waals surface area contributed by atoms with Crippen molar-refractivity contribution in [1.82, 2.24) is 4.90 Å². The summed E-state index contributed by atoms with van der Waals surface area (Å²) in [6, 6.07) is 76.2. The van der Waals surface area contributed by atoms with E-state index in [2.05, 4.69) is 295 Å². The largest absolute Gasteiger partial charge is 0.338 e. The Bertz CT molecular complexity index is 4500. The minimum Gasteiger partial charge on any atom is -0.338 e. The quantitative estimate of drug-likeness (QED) is 0.0889. The molecule has 0 amide bonds. The van der Waals surface area contributed by atoms with E-state index in [1.807, 2.05) is 0 Å². The summed E-state index contributed by atoms with van der Waals surface area (Å²) in [6.07, 6.45) is 40.7.